The highest BCUT2D eigenvalue weighted by Gasteiger charge is 2.07. The molecule has 0 aromatic carbocycles. The maximum atomic E-state index is 5.06. The second kappa shape index (κ2) is 5.66. The van der Waals surface area contributed by atoms with Crippen LogP contribution in [0, 0.1) is 0 Å². The molecule has 0 saturated heterocycles. The highest BCUT2D eigenvalue weighted by Crippen LogP contribution is 2.00. The van der Waals surface area contributed by atoms with Gasteiger partial charge >= 0.3 is 0 Å². The SMILES string of the molecule is COC(CCN1C=NC=NC1)OC. The number of hydrogen-bond donors (Lipinski definition) is 0. The summed E-state index contributed by atoms with van der Waals surface area (Å²) in [5.41, 5.74) is 0. The van der Waals surface area contributed by atoms with Crippen molar-refractivity contribution in [3.63, 3.8) is 0 Å². The number of aliphatic imine (C=N–C) groups is 2. The van der Waals surface area contributed by atoms with Crippen LogP contribution < -0.4 is 0 Å². The van der Waals surface area contributed by atoms with E-state index in [1.54, 1.807) is 26.9 Å². The van der Waals surface area contributed by atoms with Crippen molar-refractivity contribution in [1.82, 2.24) is 4.90 Å². The molecule has 0 bridgehead atoms. The predicted molar refractivity (Wildman–Crippen MR) is 51.0 cm³/mol. The van der Waals surface area contributed by atoms with E-state index in [1.165, 1.54) is 0 Å². The first-order valence-corrected chi connectivity index (χ1v) is 4.18. The van der Waals surface area contributed by atoms with Crippen molar-refractivity contribution in [2.24, 2.45) is 9.98 Å². The van der Waals surface area contributed by atoms with Crippen LogP contribution in [-0.2, 0) is 9.47 Å². The number of ether oxygens (including phenoxy) is 2. The molecule has 0 fully saturated rings. The van der Waals surface area contributed by atoms with Crippen molar-refractivity contribution in [3.8, 4) is 0 Å². The molecular weight excluding hydrogens is 170 g/mol. The van der Waals surface area contributed by atoms with E-state index in [0.29, 0.717) is 6.67 Å². The van der Waals surface area contributed by atoms with Crippen LogP contribution in [0.3, 0.4) is 0 Å². The second-order valence-corrected chi connectivity index (χ2v) is 2.71. The maximum Gasteiger partial charge on any atom is 0.158 e. The van der Waals surface area contributed by atoms with Crippen LogP contribution in [0.25, 0.3) is 0 Å². The van der Waals surface area contributed by atoms with Gasteiger partial charge in [0.2, 0.25) is 0 Å². The summed E-state index contributed by atoms with van der Waals surface area (Å²) in [4.78, 5) is 9.93. The molecule has 1 aliphatic heterocycles. The van der Waals surface area contributed by atoms with E-state index >= 15 is 0 Å². The van der Waals surface area contributed by atoms with Gasteiger partial charge in [-0.2, -0.15) is 0 Å². The molecule has 0 aromatic heterocycles. The monoisotopic (exact) mass is 185 g/mol. The molecule has 0 radical (unpaired) electrons. The van der Waals surface area contributed by atoms with Crippen LogP contribution in [0.4, 0.5) is 0 Å². The zero-order valence-electron chi connectivity index (χ0n) is 8.01. The first-order valence-electron chi connectivity index (χ1n) is 4.18. The Labute approximate surface area is 78.1 Å². The minimum absolute atomic E-state index is 0.140. The minimum atomic E-state index is -0.140. The lowest BCUT2D eigenvalue weighted by molar-refractivity contribution is -0.107. The van der Waals surface area contributed by atoms with Gasteiger partial charge in [0.1, 0.15) is 13.0 Å². The third-order valence-electron chi connectivity index (χ3n) is 1.82. The van der Waals surface area contributed by atoms with Crippen molar-refractivity contribution in [2.45, 2.75) is 12.7 Å². The summed E-state index contributed by atoms with van der Waals surface area (Å²) < 4.78 is 10.1. The van der Waals surface area contributed by atoms with Crippen LogP contribution in [0.1, 0.15) is 6.42 Å². The van der Waals surface area contributed by atoms with Crippen molar-refractivity contribution in [1.29, 1.82) is 0 Å². The van der Waals surface area contributed by atoms with E-state index in [2.05, 4.69) is 9.98 Å². The van der Waals surface area contributed by atoms with Crippen molar-refractivity contribution in [3.05, 3.63) is 0 Å². The predicted octanol–water partition coefficient (Wildman–Crippen LogP) is 0.325. The van der Waals surface area contributed by atoms with Crippen LogP contribution in [0.2, 0.25) is 0 Å². The van der Waals surface area contributed by atoms with Gasteiger partial charge in [0.15, 0.2) is 6.29 Å². The van der Waals surface area contributed by atoms with Gasteiger partial charge in [0.25, 0.3) is 0 Å². The number of rotatable bonds is 5. The lowest BCUT2D eigenvalue weighted by Gasteiger charge is -2.21. The normalized spacial score (nSPS) is 15.8. The van der Waals surface area contributed by atoms with Gasteiger partial charge in [-0.25, -0.2) is 4.99 Å². The summed E-state index contributed by atoms with van der Waals surface area (Å²) in [5.74, 6) is 0. The van der Waals surface area contributed by atoms with Crippen LogP contribution in [0.5, 0.6) is 0 Å². The van der Waals surface area contributed by atoms with Gasteiger partial charge in [-0.1, -0.05) is 0 Å². The van der Waals surface area contributed by atoms with Crippen molar-refractivity contribution >= 4 is 12.7 Å². The Hall–Kier alpha value is -0.940. The van der Waals surface area contributed by atoms with Crippen LogP contribution in [0.15, 0.2) is 9.98 Å². The van der Waals surface area contributed by atoms with Gasteiger partial charge in [0.05, 0.1) is 6.34 Å². The van der Waals surface area contributed by atoms with Crippen molar-refractivity contribution < 1.29 is 9.47 Å². The zero-order valence-corrected chi connectivity index (χ0v) is 8.01. The molecule has 0 atom stereocenters. The number of methoxy groups -OCH3 is 2. The van der Waals surface area contributed by atoms with Gasteiger partial charge in [-0.15, -0.1) is 0 Å². The fourth-order valence-electron chi connectivity index (χ4n) is 1.08. The third kappa shape index (κ3) is 3.52. The molecule has 0 N–H and O–H groups in total. The molecule has 5 nitrogen and oxygen atoms in total. The summed E-state index contributed by atoms with van der Waals surface area (Å²) in [6.07, 6.45) is 4.00. The molecule has 74 valence electrons. The second-order valence-electron chi connectivity index (χ2n) is 2.71. The molecule has 1 aliphatic rings. The largest absolute Gasteiger partial charge is 0.356 e. The number of hydrogen-bond acceptors (Lipinski definition) is 5. The first-order chi connectivity index (χ1) is 6.36. The van der Waals surface area contributed by atoms with Gasteiger partial charge < -0.3 is 14.4 Å². The molecule has 0 aliphatic carbocycles. The lowest BCUT2D eigenvalue weighted by atomic mass is 10.4. The Kier molecular flexibility index (Phi) is 4.42. The molecule has 1 rings (SSSR count). The Balaban J connectivity index is 2.18. The first kappa shape index (κ1) is 10.1. The molecule has 0 saturated carbocycles. The Bertz CT molecular complexity index is 190. The molecule has 0 amide bonds. The average Bonchev–Trinajstić information content (AvgIpc) is 2.21. The van der Waals surface area contributed by atoms with Crippen LogP contribution >= 0.6 is 0 Å². The average molecular weight is 185 g/mol. The molecule has 0 unspecified atom stereocenters. The lowest BCUT2D eigenvalue weighted by Crippen LogP contribution is -2.29. The van der Waals surface area contributed by atoms with E-state index in [1.807, 2.05) is 4.90 Å². The quantitative estimate of drug-likeness (QED) is 0.580. The van der Waals surface area contributed by atoms with Crippen molar-refractivity contribution in [2.75, 3.05) is 27.4 Å². The Morgan fingerprint density at radius 2 is 2.23 bits per heavy atom. The zero-order chi connectivity index (χ0) is 9.52. The standard InChI is InChI=1S/C8H15N3O2/c1-12-8(13-2)3-4-11-6-9-5-10-7-11/h5-6,8H,3-4,7H2,1-2H3. The number of nitrogens with zero attached hydrogens (tertiary/aromatic N) is 3. The van der Waals surface area contributed by atoms with Gasteiger partial charge in [0, 0.05) is 27.2 Å². The van der Waals surface area contributed by atoms with E-state index in [9.17, 15) is 0 Å². The maximum absolute atomic E-state index is 5.06. The molecule has 5 heteroatoms. The topological polar surface area (TPSA) is 46.4 Å². The molecule has 13 heavy (non-hydrogen) atoms. The summed E-state index contributed by atoms with van der Waals surface area (Å²) in [6, 6.07) is 0. The summed E-state index contributed by atoms with van der Waals surface area (Å²) in [6.45, 7) is 1.51. The highest BCUT2D eigenvalue weighted by molar-refractivity contribution is 5.72. The minimum Gasteiger partial charge on any atom is -0.356 e. The summed E-state index contributed by atoms with van der Waals surface area (Å²) in [5, 5.41) is 0. The third-order valence-corrected chi connectivity index (χ3v) is 1.82. The molecular formula is C8H15N3O2. The molecule has 1 heterocycles. The Morgan fingerprint density at radius 1 is 1.46 bits per heavy atom. The van der Waals surface area contributed by atoms with E-state index in [-0.39, 0.29) is 6.29 Å². The summed E-state index contributed by atoms with van der Waals surface area (Å²) >= 11 is 0. The van der Waals surface area contributed by atoms with Gasteiger partial charge in [-0.05, 0) is 0 Å². The summed E-state index contributed by atoms with van der Waals surface area (Å²) in [7, 11) is 3.27. The van der Waals surface area contributed by atoms with Gasteiger partial charge in [-0.3, -0.25) is 4.99 Å². The molecule has 0 aromatic rings. The molecule has 0 spiro atoms. The fourth-order valence-corrected chi connectivity index (χ4v) is 1.08. The smallest absolute Gasteiger partial charge is 0.158 e. The van der Waals surface area contributed by atoms with E-state index in [4.69, 9.17) is 9.47 Å². The fraction of sp³-hybridized carbons (Fsp3) is 0.750. The highest BCUT2D eigenvalue weighted by atomic mass is 16.7. The van der Waals surface area contributed by atoms with Crippen LogP contribution in [-0.4, -0.2) is 51.3 Å². The Morgan fingerprint density at radius 3 is 2.77 bits per heavy atom. The van der Waals surface area contributed by atoms with E-state index < -0.39 is 0 Å². The van der Waals surface area contributed by atoms with E-state index in [0.717, 1.165) is 13.0 Å².